The second-order valence-electron chi connectivity index (χ2n) is 8.45. The molecule has 1 fully saturated rings. The zero-order valence-electron chi connectivity index (χ0n) is 20.0. The molecule has 180 valence electrons. The Bertz CT molecular complexity index is 1010. The Labute approximate surface area is 198 Å². The van der Waals surface area contributed by atoms with Crippen LogP contribution in [0.2, 0.25) is 0 Å². The first kappa shape index (κ1) is 25.2. The van der Waals surface area contributed by atoms with Crippen molar-refractivity contribution in [3.05, 3.63) is 59.7 Å². The van der Waals surface area contributed by atoms with Gasteiger partial charge in [0.15, 0.2) is 0 Å². The third-order valence-corrected chi connectivity index (χ3v) is 7.93. The fourth-order valence-electron chi connectivity index (χ4n) is 3.98. The zero-order valence-corrected chi connectivity index (χ0v) is 20.8. The minimum Gasteiger partial charge on any atom is -0.494 e. The average molecular weight is 474 g/mol. The van der Waals surface area contributed by atoms with Gasteiger partial charge in [0, 0.05) is 44.3 Å². The molecule has 1 aliphatic rings. The number of carbonyl (C=O) groups is 1. The number of carbonyl (C=O) groups excluding carboxylic acids is 1. The monoisotopic (exact) mass is 473 g/mol. The molecule has 1 heterocycles. The fraction of sp³-hybridized carbons (Fsp3) is 0.480. The molecule has 0 atom stereocenters. The molecular weight excluding hydrogens is 438 g/mol. The molecule has 0 saturated carbocycles. The molecule has 0 N–H and O–H groups in total. The van der Waals surface area contributed by atoms with Gasteiger partial charge in [0.25, 0.3) is 5.91 Å². The number of nitrogens with zero attached hydrogens (tertiary/aromatic N) is 3. The zero-order chi connectivity index (χ0) is 24.0. The topological polar surface area (TPSA) is 70.2 Å². The summed E-state index contributed by atoms with van der Waals surface area (Å²) in [5.41, 5.74) is 1.81. The summed E-state index contributed by atoms with van der Waals surface area (Å²) in [7, 11) is -3.60. The van der Waals surface area contributed by atoms with Crippen LogP contribution in [0.1, 0.15) is 43.6 Å². The summed E-state index contributed by atoms with van der Waals surface area (Å²) in [6.45, 7) is 12.0. The van der Waals surface area contributed by atoms with E-state index < -0.39 is 10.0 Å². The number of amides is 1. The van der Waals surface area contributed by atoms with E-state index in [9.17, 15) is 13.2 Å². The number of ether oxygens (including phenoxy) is 1. The molecule has 2 aromatic rings. The molecule has 0 spiro atoms. The maximum absolute atomic E-state index is 13.0. The predicted molar refractivity (Wildman–Crippen MR) is 130 cm³/mol. The smallest absolute Gasteiger partial charge is 0.253 e. The van der Waals surface area contributed by atoms with E-state index in [1.54, 1.807) is 29.2 Å². The van der Waals surface area contributed by atoms with E-state index in [4.69, 9.17) is 4.74 Å². The van der Waals surface area contributed by atoms with E-state index in [2.05, 4.69) is 25.7 Å². The second-order valence-corrected chi connectivity index (χ2v) is 10.4. The number of hydrogen-bond donors (Lipinski definition) is 0. The van der Waals surface area contributed by atoms with Gasteiger partial charge in [0.05, 0.1) is 11.5 Å². The molecule has 8 heteroatoms. The number of rotatable bonds is 9. The Balaban J connectivity index is 1.59. The first-order valence-electron chi connectivity index (χ1n) is 11.6. The lowest BCUT2D eigenvalue weighted by molar-refractivity contribution is 0.0698. The lowest BCUT2D eigenvalue weighted by Crippen LogP contribution is -2.50. The number of piperazine rings is 1. The van der Waals surface area contributed by atoms with Crippen molar-refractivity contribution in [2.24, 2.45) is 0 Å². The normalized spacial score (nSPS) is 15.3. The third kappa shape index (κ3) is 6.13. The number of benzene rings is 2. The van der Waals surface area contributed by atoms with Gasteiger partial charge >= 0.3 is 0 Å². The van der Waals surface area contributed by atoms with Crippen LogP contribution in [0.3, 0.4) is 0 Å². The SMILES string of the molecule is CCOc1ccc(S(=O)(=O)N2CCN(C(=O)c3ccc(CN(CC)C(C)C)cc3)CC2)cc1. The van der Waals surface area contributed by atoms with Crippen LogP contribution in [0.5, 0.6) is 5.75 Å². The molecule has 2 aromatic carbocycles. The van der Waals surface area contributed by atoms with Crippen LogP contribution < -0.4 is 4.74 Å². The Hall–Kier alpha value is -2.42. The third-order valence-electron chi connectivity index (χ3n) is 6.02. The van der Waals surface area contributed by atoms with Crippen LogP contribution in [0.4, 0.5) is 0 Å². The van der Waals surface area contributed by atoms with E-state index in [0.717, 1.165) is 13.1 Å². The van der Waals surface area contributed by atoms with E-state index >= 15 is 0 Å². The number of hydrogen-bond acceptors (Lipinski definition) is 5. The summed E-state index contributed by atoms with van der Waals surface area (Å²) in [5.74, 6) is 0.584. The van der Waals surface area contributed by atoms with Crippen molar-refractivity contribution in [1.29, 1.82) is 0 Å². The summed E-state index contributed by atoms with van der Waals surface area (Å²) in [6.07, 6.45) is 0. The van der Waals surface area contributed by atoms with Crippen molar-refractivity contribution in [3.63, 3.8) is 0 Å². The summed E-state index contributed by atoms with van der Waals surface area (Å²) in [6, 6.07) is 14.7. The molecule has 7 nitrogen and oxygen atoms in total. The molecule has 33 heavy (non-hydrogen) atoms. The van der Waals surface area contributed by atoms with Crippen molar-refractivity contribution in [2.75, 3.05) is 39.3 Å². The quantitative estimate of drug-likeness (QED) is 0.558. The van der Waals surface area contributed by atoms with Crippen molar-refractivity contribution in [3.8, 4) is 5.75 Å². The highest BCUT2D eigenvalue weighted by atomic mass is 32.2. The highest BCUT2D eigenvalue weighted by molar-refractivity contribution is 7.89. The molecule has 0 bridgehead atoms. The molecule has 0 aromatic heterocycles. The molecule has 1 amide bonds. The van der Waals surface area contributed by atoms with E-state index in [-0.39, 0.29) is 23.9 Å². The lowest BCUT2D eigenvalue weighted by Gasteiger charge is -2.34. The molecule has 3 rings (SSSR count). The molecule has 0 radical (unpaired) electrons. The van der Waals surface area contributed by atoms with Crippen LogP contribution in [0, 0.1) is 0 Å². The minimum absolute atomic E-state index is 0.0594. The van der Waals surface area contributed by atoms with Crippen LogP contribution in [0.25, 0.3) is 0 Å². The van der Waals surface area contributed by atoms with Crippen LogP contribution >= 0.6 is 0 Å². The van der Waals surface area contributed by atoms with E-state index in [0.29, 0.717) is 37.1 Å². The van der Waals surface area contributed by atoms with Gasteiger partial charge in [-0.2, -0.15) is 4.31 Å². The fourth-order valence-corrected chi connectivity index (χ4v) is 5.41. The molecule has 1 saturated heterocycles. The van der Waals surface area contributed by atoms with Gasteiger partial charge in [-0.15, -0.1) is 0 Å². The lowest BCUT2D eigenvalue weighted by atomic mass is 10.1. The van der Waals surface area contributed by atoms with Crippen LogP contribution in [-0.4, -0.2) is 73.8 Å². The van der Waals surface area contributed by atoms with Crippen molar-refractivity contribution < 1.29 is 17.9 Å². The molecule has 0 aliphatic carbocycles. The van der Waals surface area contributed by atoms with Crippen LogP contribution in [-0.2, 0) is 16.6 Å². The first-order chi connectivity index (χ1) is 15.8. The maximum atomic E-state index is 13.0. The standard InChI is InChI=1S/C25H35N3O4S/c1-5-26(20(3)4)19-21-7-9-22(10-8-21)25(29)27-15-17-28(18-16-27)33(30,31)24-13-11-23(12-14-24)32-6-2/h7-14,20H,5-6,15-19H2,1-4H3. The first-order valence-corrected chi connectivity index (χ1v) is 13.1. The second kappa shape index (κ2) is 11.1. The summed E-state index contributed by atoms with van der Waals surface area (Å²) in [5, 5.41) is 0. The van der Waals surface area contributed by atoms with Crippen LogP contribution in [0.15, 0.2) is 53.4 Å². The predicted octanol–water partition coefficient (Wildman–Crippen LogP) is 3.46. The Morgan fingerprint density at radius 2 is 1.58 bits per heavy atom. The highest BCUT2D eigenvalue weighted by Gasteiger charge is 2.30. The molecule has 0 unspecified atom stereocenters. The Morgan fingerprint density at radius 3 is 2.09 bits per heavy atom. The van der Waals surface area contributed by atoms with Crippen molar-refractivity contribution in [2.45, 2.75) is 45.2 Å². The van der Waals surface area contributed by atoms with Gasteiger partial charge in [-0.25, -0.2) is 8.42 Å². The highest BCUT2D eigenvalue weighted by Crippen LogP contribution is 2.21. The largest absolute Gasteiger partial charge is 0.494 e. The number of sulfonamides is 1. The summed E-state index contributed by atoms with van der Waals surface area (Å²) < 4.78 is 32.8. The van der Waals surface area contributed by atoms with Gasteiger partial charge in [-0.05, 0) is 69.3 Å². The Morgan fingerprint density at radius 1 is 0.970 bits per heavy atom. The van der Waals surface area contributed by atoms with E-state index in [1.807, 2.05) is 31.2 Å². The maximum Gasteiger partial charge on any atom is 0.253 e. The van der Waals surface area contributed by atoms with Gasteiger partial charge in [-0.3, -0.25) is 9.69 Å². The summed E-state index contributed by atoms with van der Waals surface area (Å²) >= 11 is 0. The van der Waals surface area contributed by atoms with Crippen molar-refractivity contribution >= 4 is 15.9 Å². The Kier molecular flexibility index (Phi) is 8.51. The summed E-state index contributed by atoms with van der Waals surface area (Å²) in [4.78, 5) is 17.3. The van der Waals surface area contributed by atoms with Gasteiger partial charge in [0.2, 0.25) is 10.0 Å². The van der Waals surface area contributed by atoms with Gasteiger partial charge in [-0.1, -0.05) is 19.1 Å². The van der Waals surface area contributed by atoms with Crippen molar-refractivity contribution in [1.82, 2.24) is 14.1 Å². The molecular formula is C25H35N3O4S. The average Bonchev–Trinajstić information content (AvgIpc) is 2.83. The minimum atomic E-state index is -3.60. The van der Waals surface area contributed by atoms with E-state index in [1.165, 1.54) is 9.87 Å². The van der Waals surface area contributed by atoms with Gasteiger partial charge in [0.1, 0.15) is 5.75 Å². The van der Waals surface area contributed by atoms with Gasteiger partial charge < -0.3 is 9.64 Å². The molecule has 1 aliphatic heterocycles.